The Morgan fingerprint density at radius 3 is 2.90 bits per heavy atom. The highest BCUT2D eigenvalue weighted by Gasteiger charge is 2.09. The number of nitrogens with one attached hydrogen (secondary N) is 1. The Morgan fingerprint density at radius 2 is 2.14 bits per heavy atom. The van der Waals surface area contributed by atoms with Crippen LogP contribution in [-0.4, -0.2) is 13.2 Å². The van der Waals surface area contributed by atoms with Crippen LogP contribution in [0, 0.1) is 0 Å². The molecular weight excluding hydrogens is 309 g/mol. The van der Waals surface area contributed by atoms with Crippen LogP contribution in [0.15, 0.2) is 41.0 Å². The van der Waals surface area contributed by atoms with Gasteiger partial charge in [-0.15, -0.1) is 0 Å². The predicted molar refractivity (Wildman–Crippen MR) is 85.9 cm³/mol. The van der Waals surface area contributed by atoms with Crippen LogP contribution >= 0.6 is 23.2 Å². The van der Waals surface area contributed by atoms with E-state index in [1.165, 1.54) is 0 Å². The van der Waals surface area contributed by atoms with Crippen molar-refractivity contribution in [3.8, 4) is 0 Å². The lowest BCUT2D eigenvalue weighted by Crippen LogP contribution is -2.21. The molecule has 0 aliphatic heterocycles. The summed E-state index contributed by atoms with van der Waals surface area (Å²) in [5, 5.41) is 4.84. The molecule has 0 saturated heterocycles. The monoisotopic (exact) mass is 327 g/mol. The smallest absolute Gasteiger partial charge is 0.129 e. The van der Waals surface area contributed by atoms with E-state index in [4.69, 9.17) is 32.4 Å². The Balaban J connectivity index is 1.65. The van der Waals surface area contributed by atoms with Gasteiger partial charge < -0.3 is 14.5 Å². The van der Waals surface area contributed by atoms with Gasteiger partial charge in [0.25, 0.3) is 0 Å². The van der Waals surface area contributed by atoms with E-state index >= 15 is 0 Å². The highest BCUT2D eigenvalue weighted by molar-refractivity contribution is 6.33. The molecule has 114 valence electrons. The first-order valence-corrected chi connectivity index (χ1v) is 7.71. The summed E-state index contributed by atoms with van der Waals surface area (Å²) in [4.78, 5) is 0. The molecule has 0 fully saturated rings. The summed E-state index contributed by atoms with van der Waals surface area (Å²) < 4.78 is 10.7. The standard InChI is InChI=1S/C16H19Cl2NO2/c1-12(15-10-13(17)5-6-16(15)18)19-7-3-8-20-11-14-4-2-9-21-14/h2,4-6,9-10,12,19H,3,7-8,11H2,1H3. The number of ether oxygens (including phenoxy) is 1. The van der Waals surface area contributed by atoms with Crippen molar-refractivity contribution >= 4 is 23.2 Å². The highest BCUT2D eigenvalue weighted by atomic mass is 35.5. The van der Waals surface area contributed by atoms with Crippen LogP contribution in [0.3, 0.4) is 0 Å². The molecule has 2 aromatic rings. The summed E-state index contributed by atoms with van der Waals surface area (Å²) in [5.41, 5.74) is 1.01. The highest BCUT2D eigenvalue weighted by Crippen LogP contribution is 2.26. The topological polar surface area (TPSA) is 34.4 Å². The Hall–Kier alpha value is -1.000. The Kier molecular flexibility index (Phi) is 6.58. The van der Waals surface area contributed by atoms with Crippen LogP contribution < -0.4 is 5.32 Å². The maximum absolute atomic E-state index is 6.18. The Morgan fingerprint density at radius 1 is 1.29 bits per heavy atom. The molecule has 0 bridgehead atoms. The van der Waals surface area contributed by atoms with E-state index in [0.29, 0.717) is 18.2 Å². The lowest BCUT2D eigenvalue weighted by atomic mass is 10.1. The summed E-state index contributed by atoms with van der Waals surface area (Å²) in [6.07, 6.45) is 2.57. The van der Waals surface area contributed by atoms with E-state index in [1.54, 1.807) is 12.3 Å². The summed E-state index contributed by atoms with van der Waals surface area (Å²) in [7, 11) is 0. The molecule has 1 atom stereocenters. The zero-order chi connectivity index (χ0) is 15.1. The largest absolute Gasteiger partial charge is 0.467 e. The molecule has 0 amide bonds. The van der Waals surface area contributed by atoms with Gasteiger partial charge in [-0.25, -0.2) is 0 Å². The van der Waals surface area contributed by atoms with E-state index in [2.05, 4.69) is 12.2 Å². The van der Waals surface area contributed by atoms with Gasteiger partial charge in [0.05, 0.1) is 6.26 Å². The summed E-state index contributed by atoms with van der Waals surface area (Å²) in [6.45, 7) is 4.12. The average molecular weight is 328 g/mol. The number of hydrogen-bond donors (Lipinski definition) is 1. The molecule has 1 N–H and O–H groups in total. The van der Waals surface area contributed by atoms with Crippen molar-refractivity contribution in [2.24, 2.45) is 0 Å². The van der Waals surface area contributed by atoms with E-state index in [9.17, 15) is 0 Å². The zero-order valence-electron chi connectivity index (χ0n) is 11.9. The van der Waals surface area contributed by atoms with Gasteiger partial charge in [-0.1, -0.05) is 23.2 Å². The maximum atomic E-state index is 6.18. The first kappa shape index (κ1) is 16.4. The van der Waals surface area contributed by atoms with Crippen LogP contribution in [-0.2, 0) is 11.3 Å². The van der Waals surface area contributed by atoms with Crippen LogP contribution in [0.4, 0.5) is 0 Å². The molecule has 1 heterocycles. The molecule has 2 rings (SSSR count). The summed E-state index contributed by atoms with van der Waals surface area (Å²) in [6, 6.07) is 9.43. The summed E-state index contributed by atoms with van der Waals surface area (Å²) in [5.74, 6) is 0.849. The number of furan rings is 1. The van der Waals surface area contributed by atoms with Crippen LogP contribution in [0.1, 0.15) is 30.7 Å². The van der Waals surface area contributed by atoms with Gasteiger partial charge in [-0.3, -0.25) is 0 Å². The van der Waals surface area contributed by atoms with Crippen molar-refractivity contribution in [1.29, 1.82) is 0 Å². The molecule has 1 aromatic carbocycles. The van der Waals surface area contributed by atoms with Gasteiger partial charge in [-0.05, 0) is 55.8 Å². The number of hydrogen-bond acceptors (Lipinski definition) is 3. The normalized spacial score (nSPS) is 12.5. The average Bonchev–Trinajstić information content (AvgIpc) is 2.98. The fraction of sp³-hybridized carbons (Fsp3) is 0.375. The second-order valence-electron chi connectivity index (χ2n) is 4.83. The van der Waals surface area contributed by atoms with Crippen molar-refractivity contribution in [1.82, 2.24) is 5.32 Å². The lowest BCUT2D eigenvalue weighted by molar-refractivity contribution is 0.104. The van der Waals surface area contributed by atoms with Crippen molar-refractivity contribution in [3.05, 3.63) is 58.0 Å². The maximum Gasteiger partial charge on any atom is 0.129 e. The molecule has 0 radical (unpaired) electrons. The van der Waals surface area contributed by atoms with E-state index in [1.807, 2.05) is 24.3 Å². The Bertz CT molecular complexity index is 543. The molecule has 0 spiro atoms. The first-order valence-electron chi connectivity index (χ1n) is 6.95. The fourth-order valence-electron chi connectivity index (χ4n) is 2.02. The zero-order valence-corrected chi connectivity index (χ0v) is 13.5. The van der Waals surface area contributed by atoms with Crippen LogP contribution in [0.25, 0.3) is 0 Å². The third kappa shape index (κ3) is 5.36. The molecule has 21 heavy (non-hydrogen) atoms. The fourth-order valence-corrected chi connectivity index (χ4v) is 2.48. The summed E-state index contributed by atoms with van der Waals surface area (Å²) >= 11 is 12.2. The van der Waals surface area contributed by atoms with Crippen LogP contribution in [0.2, 0.25) is 10.0 Å². The number of benzene rings is 1. The van der Waals surface area contributed by atoms with Gasteiger partial charge in [0.15, 0.2) is 0 Å². The van der Waals surface area contributed by atoms with Crippen molar-refractivity contribution in [3.63, 3.8) is 0 Å². The van der Waals surface area contributed by atoms with E-state index in [0.717, 1.165) is 29.3 Å². The van der Waals surface area contributed by atoms with Crippen LogP contribution in [0.5, 0.6) is 0 Å². The van der Waals surface area contributed by atoms with Gasteiger partial charge in [0, 0.05) is 22.7 Å². The van der Waals surface area contributed by atoms with Gasteiger partial charge in [0.1, 0.15) is 12.4 Å². The van der Waals surface area contributed by atoms with Crippen molar-refractivity contribution in [2.45, 2.75) is 26.0 Å². The van der Waals surface area contributed by atoms with Gasteiger partial charge in [-0.2, -0.15) is 0 Å². The van der Waals surface area contributed by atoms with Crippen molar-refractivity contribution in [2.75, 3.05) is 13.2 Å². The molecule has 0 aliphatic carbocycles. The minimum absolute atomic E-state index is 0.154. The molecule has 3 nitrogen and oxygen atoms in total. The number of rotatable bonds is 8. The molecule has 5 heteroatoms. The van der Waals surface area contributed by atoms with E-state index in [-0.39, 0.29) is 6.04 Å². The van der Waals surface area contributed by atoms with Gasteiger partial charge >= 0.3 is 0 Å². The molecule has 0 aliphatic rings. The SMILES string of the molecule is CC(NCCCOCc1ccco1)c1cc(Cl)ccc1Cl. The second-order valence-corrected chi connectivity index (χ2v) is 5.67. The Labute approximate surface area is 135 Å². The van der Waals surface area contributed by atoms with Gasteiger partial charge in [0.2, 0.25) is 0 Å². The number of halogens is 2. The third-order valence-electron chi connectivity index (χ3n) is 3.16. The minimum atomic E-state index is 0.154. The molecule has 0 saturated carbocycles. The lowest BCUT2D eigenvalue weighted by Gasteiger charge is -2.16. The second kappa shape index (κ2) is 8.44. The quantitative estimate of drug-likeness (QED) is 0.704. The molecule has 1 aromatic heterocycles. The molecule has 1 unspecified atom stereocenters. The minimum Gasteiger partial charge on any atom is -0.467 e. The van der Waals surface area contributed by atoms with Crippen molar-refractivity contribution < 1.29 is 9.15 Å². The van der Waals surface area contributed by atoms with E-state index < -0.39 is 0 Å². The predicted octanol–water partition coefficient (Wildman–Crippen LogP) is 4.84. The third-order valence-corrected chi connectivity index (χ3v) is 3.74. The first-order chi connectivity index (χ1) is 10.2. The molecular formula is C16H19Cl2NO2.